The second-order valence-electron chi connectivity index (χ2n) is 13.7. The Kier molecular flexibility index (Phi) is 106. The molecule has 0 aliphatic rings. The summed E-state index contributed by atoms with van der Waals surface area (Å²) in [5, 5.41) is 73.6. The van der Waals surface area contributed by atoms with Crippen LogP contribution < -0.4 is 0 Å². The van der Waals surface area contributed by atoms with Gasteiger partial charge in [0.05, 0.1) is 11.8 Å². The number of unbranched alkanes of at least 4 members (excludes halogenated alkanes) is 15. The zero-order chi connectivity index (χ0) is 50.5. The lowest BCUT2D eigenvalue weighted by Gasteiger charge is -2.21. The van der Waals surface area contributed by atoms with E-state index >= 15 is 0 Å². The summed E-state index contributed by atoms with van der Waals surface area (Å²) >= 11 is 0. The van der Waals surface area contributed by atoms with Crippen LogP contribution in [0, 0.1) is 17.8 Å². The summed E-state index contributed by atoms with van der Waals surface area (Å²) in [4.78, 5) is 55.9. The molecule has 0 aromatic rings. The van der Waals surface area contributed by atoms with Crippen LogP contribution >= 0.6 is 0 Å². The van der Waals surface area contributed by atoms with Gasteiger partial charge in [-0.2, -0.15) is 0 Å². The zero-order valence-electron chi connectivity index (χ0n) is 40.9. The van der Waals surface area contributed by atoms with Crippen molar-refractivity contribution in [3.05, 3.63) is 0 Å². The van der Waals surface area contributed by atoms with Crippen molar-refractivity contribution in [1.82, 2.24) is 0 Å². The third kappa shape index (κ3) is 170. The Morgan fingerprint density at radius 1 is 0.311 bits per heavy atom. The molecule has 0 heterocycles. The largest absolute Gasteiger partial charge is 0.503 e. The average Bonchev–Trinajstić information content (AvgIpc) is 3.16. The first-order valence-electron chi connectivity index (χ1n) is 22.6. The summed E-state index contributed by atoms with van der Waals surface area (Å²) < 4.78 is 0. The van der Waals surface area contributed by atoms with Gasteiger partial charge in [0.25, 0.3) is 0 Å². The predicted molar refractivity (Wildman–Crippen MR) is 248 cm³/mol. The van der Waals surface area contributed by atoms with E-state index in [-0.39, 0.29) is 5.92 Å². The van der Waals surface area contributed by atoms with Crippen LogP contribution in [-0.2, 0) is 9.59 Å². The van der Waals surface area contributed by atoms with Gasteiger partial charge < -0.3 is 51.1 Å². The van der Waals surface area contributed by atoms with Crippen molar-refractivity contribution < 1.29 is 79.8 Å². The lowest BCUT2D eigenvalue weighted by molar-refractivity contribution is -0.147. The normalized spacial score (nSPS) is 10.1. The fourth-order valence-corrected chi connectivity index (χ4v) is 4.38. The molecular weight excluding hydrogens is 796 g/mol. The maximum absolute atomic E-state index is 10.9. The Hall–Kier alpha value is -3.98. The van der Waals surface area contributed by atoms with Crippen LogP contribution in [0.25, 0.3) is 0 Å². The number of aliphatic carboxylic acids is 2. The molecular formula is C45H98O16. The maximum atomic E-state index is 10.9. The Morgan fingerprint density at radius 2 is 0.475 bits per heavy atom. The van der Waals surface area contributed by atoms with E-state index in [1.54, 1.807) is 0 Å². The highest BCUT2D eigenvalue weighted by Crippen LogP contribution is 2.25. The van der Waals surface area contributed by atoms with E-state index in [1.165, 1.54) is 128 Å². The van der Waals surface area contributed by atoms with Gasteiger partial charge in [-0.05, 0) is 25.2 Å². The number of hydrogen-bond acceptors (Lipinski definition) is 6. The second kappa shape index (κ2) is 80.1. The maximum Gasteiger partial charge on any atom is 0.503 e. The van der Waals surface area contributed by atoms with Gasteiger partial charge >= 0.3 is 36.6 Å². The average molecular weight is 895 g/mol. The van der Waals surface area contributed by atoms with Crippen LogP contribution in [0.4, 0.5) is 19.2 Å². The monoisotopic (exact) mass is 895 g/mol. The first-order valence-corrected chi connectivity index (χ1v) is 22.6. The van der Waals surface area contributed by atoms with Gasteiger partial charge in [-0.1, -0.05) is 218 Å². The van der Waals surface area contributed by atoms with Crippen LogP contribution in [0.5, 0.6) is 0 Å². The number of rotatable bonds is 22. The molecule has 0 saturated heterocycles. The third-order valence-electron chi connectivity index (χ3n) is 7.73. The minimum Gasteiger partial charge on any atom is -0.481 e. The molecule has 0 radical (unpaired) electrons. The number of carboxylic acid groups (broad SMARTS) is 10. The van der Waals surface area contributed by atoms with Crippen molar-refractivity contribution in [2.75, 3.05) is 0 Å². The van der Waals surface area contributed by atoms with Crippen LogP contribution in [0.15, 0.2) is 0 Å². The predicted octanol–water partition coefficient (Wildman–Crippen LogP) is 16.1. The van der Waals surface area contributed by atoms with Crippen molar-refractivity contribution >= 4 is 36.6 Å². The quantitative estimate of drug-likeness (QED) is 0.0452. The van der Waals surface area contributed by atoms with Crippen molar-refractivity contribution in [1.29, 1.82) is 0 Å². The molecule has 0 aromatic carbocycles. The lowest BCUT2D eigenvalue weighted by atomic mass is 9.83. The van der Waals surface area contributed by atoms with Crippen molar-refractivity contribution in [2.45, 2.75) is 238 Å². The molecule has 0 fully saturated rings. The summed E-state index contributed by atoms with van der Waals surface area (Å²) in [5.41, 5.74) is 0. The van der Waals surface area contributed by atoms with Crippen LogP contribution in [-0.4, -0.2) is 87.6 Å². The summed E-state index contributed by atoms with van der Waals surface area (Å²) in [6.45, 7) is 27.8. The first kappa shape index (κ1) is 80.9. The van der Waals surface area contributed by atoms with E-state index in [1.807, 2.05) is 20.8 Å². The van der Waals surface area contributed by atoms with E-state index in [9.17, 15) is 9.59 Å². The lowest BCUT2D eigenvalue weighted by Crippen LogP contribution is -2.25. The van der Waals surface area contributed by atoms with E-state index in [0.29, 0.717) is 19.3 Å². The fraction of sp³-hybridized carbons (Fsp3) is 0.867. The summed E-state index contributed by atoms with van der Waals surface area (Å²) in [5.74, 6) is -2.60. The molecule has 3 atom stereocenters. The molecule has 0 aliphatic carbocycles. The smallest absolute Gasteiger partial charge is 0.481 e. The molecule has 16 heteroatoms. The van der Waals surface area contributed by atoms with Crippen LogP contribution in [0.3, 0.4) is 0 Å². The third-order valence-corrected chi connectivity index (χ3v) is 7.73. The van der Waals surface area contributed by atoms with Gasteiger partial charge in [0, 0.05) is 0 Å². The summed E-state index contributed by atoms with van der Waals surface area (Å²) in [7, 11) is 0. The fourth-order valence-electron chi connectivity index (χ4n) is 4.38. The molecule has 0 amide bonds. The molecule has 0 aromatic heterocycles. The zero-order valence-corrected chi connectivity index (χ0v) is 40.9. The highest BCUT2D eigenvalue weighted by atomic mass is 16.6. The van der Waals surface area contributed by atoms with Crippen LogP contribution in [0.1, 0.15) is 238 Å². The Balaban J connectivity index is -0.0000000618. The molecule has 0 spiro atoms. The van der Waals surface area contributed by atoms with Crippen LogP contribution in [0.2, 0.25) is 0 Å². The highest BCUT2D eigenvalue weighted by Gasteiger charge is 2.27. The van der Waals surface area contributed by atoms with Gasteiger partial charge in [0.15, 0.2) is 0 Å². The molecule has 3 unspecified atom stereocenters. The minimum absolute atomic E-state index is 0.0893. The van der Waals surface area contributed by atoms with E-state index in [0.717, 1.165) is 0 Å². The topological polar surface area (TPSA) is 305 Å². The van der Waals surface area contributed by atoms with Gasteiger partial charge in [-0.25, -0.2) is 19.2 Å². The molecule has 0 bridgehead atoms. The van der Waals surface area contributed by atoms with Gasteiger partial charge in [-0.15, -0.1) is 0 Å². The molecule has 16 nitrogen and oxygen atoms in total. The van der Waals surface area contributed by atoms with E-state index in [4.69, 9.17) is 70.2 Å². The van der Waals surface area contributed by atoms with E-state index < -0.39 is 48.4 Å². The SMILES string of the molecule is CCC(CC(C)C(CC)C(=O)O)C(=O)O.CCCCCC.CCCCCC.CCCCCC.CCCCCC.CCCCCC.O=C(O)O.O=C(O)O.O=C(O)O.O=C(O)O. The number of carboxylic acids is 2. The Labute approximate surface area is 371 Å². The second-order valence-corrected chi connectivity index (χ2v) is 13.7. The summed E-state index contributed by atoms with van der Waals surface area (Å²) in [6.07, 6.45) is 21.9. The van der Waals surface area contributed by atoms with Crippen molar-refractivity contribution in [3.8, 4) is 0 Å². The molecule has 374 valence electrons. The van der Waals surface area contributed by atoms with Crippen molar-refractivity contribution in [2.24, 2.45) is 17.8 Å². The minimum atomic E-state index is -1.83. The summed E-state index contributed by atoms with van der Waals surface area (Å²) in [6, 6.07) is 0. The van der Waals surface area contributed by atoms with E-state index in [2.05, 4.69) is 69.2 Å². The highest BCUT2D eigenvalue weighted by molar-refractivity contribution is 5.71. The number of hydrogen-bond donors (Lipinski definition) is 10. The standard InChI is InChI=1S/C11H20O4.5C6H14.4CH2O3/c1-4-8(10(12)13)6-7(3)9(5-2)11(14)15;5*1-3-5-6-4-2;4*2-1(3)4/h7-9H,4-6H2,1-3H3,(H,12,13)(H,14,15);5*3-6H2,1-2H3;4*(H2,2,3,4). The molecule has 0 saturated carbocycles. The molecule has 0 rings (SSSR count). The number of carbonyl (C=O) groups is 6. The molecule has 61 heavy (non-hydrogen) atoms. The van der Waals surface area contributed by atoms with Gasteiger partial charge in [0.1, 0.15) is 0 Å². The Bertz CT molecular complexity index is 724. The van der Waals surface area contributed by atoms with Gasteiger partial charge in [-0.3, -0.25) is 9.59 Å². The van der Waals surface area contributed by atoms with Gasteiger partial charge in [0.2, 0.25) is 0 Å². The Morgan fingerprint density at radius 3 is 0.557 bits per heavy atom. The molecule has 0 aliphatic heterocycles. The molecule has 10 N–H and O–H groups in total. The first-order chi connectivity index (χ1) is 28.4. The van der Waals surface area contributed by atoms with Crippen molar-refractivity contribution in [3.63, 3.8) is 0 Å².